The zero-order chi connectivity index (χ0) is 30.5. The summed E-state index contributed by atoms with van der Waals surface area (Å²) in [6.45, 7) is 1.93. The molecular formula is C36H31FO5S. The first-order chi connectivity index (χ1) is 20.7. The molecule has 43 heavy (non-hydrogen) atoms. The summed E-state index contributed by atoms with van der Waals surface area (Å²) in [5.74, 6) is 1.01. The highest BCUT2D eigenvalue weighted by Crippen LogP contribution is 2.44. The summed E-state index contributed by atoms with van der Waals surface area (Å²) < 4.78 is 42.4. The van der Waals surface area contributed by atoms with Crippen LogP contribution < -0.4 is 14.2 Å². The molecule has 1 aliphatic rings. The first-order valence-corrected chi connectivity index (χ1v) is 15.2. The van der Waals surface area contributed by atoms with E-state index >= 15 is 0 Å². The Balaban J connectivity index is 1.31. The van der Waals surface area contributed by atoms with Gasteiger partial charge in [-0.1, -0.05) is 30.4 Å². The first kappa shape index (κ1) is 29.9. The highest BCUT2D eigenvalue weighted by molar-refractivity contribution is 7.90. The Morgan fingerprint density at radius 2 is 1.42 bits per heavy atom. The van der Waals surface area contributed by atoms with Crippen LogP contribution >= 0.6 is 0 Å². The number of methoxy groups -OCH3 is 2. The molecule has 5 rings (SSSR count). The van der Waals surface area contributed by atoms with Crippen LogP contribution in [0, 0.1) is 5.82 Å². The number of allylic oxidation sites excluding steroid dienone is 2. The van der Waals surface area contributed by atoms with Gasteiger partial charge < -0.3 is 18.8 Å². The van der Waals surface area contributed by atoms with Crippen LogP contribution in [-0.2, 0) is 16.0 Å². The zero-order valence-electron chi connectivity index (χ0n) is 24.3. The summed E-state index contributed by atoms with van der Waals surface area (Å²) in [6, 6.07) is 24.9. The summed E-state index contributed by atoms with van der Waals surface area (Å²) in [6.07, 6.45) is 7.52. The number of carbonyl (C=O) groups is 1. The predicted molar refractivity (Wildman–Crippen MR) is 171 cm³/mol. The lowest BCUT2D eigenvalue weighted by atomic mass is 10.0. The van der Waals surface area contributed by atoms with Gasteiger partial charge in [-0.05, 0) is 129 Å². The molecule has 4 aromatic carbocycles. The molecule has 0 radical (unpaired) electrons. The molecule has 218 valence electrons. The minimum absolute atomic E-state index is 0.00723. The third kappa shape index (κ3) is 7.08. The minimum atomic E-state index is -1.06. The van der Waals surface area contributed by atoms with Crippen LogP contribution in [0.25, 0.3) is 29.4 Å². The van der Waals surface area contributed by atoms with Gasteiger partial charge in [0.15, 0.2) is 4.90 Å². The lowest BCUT2D eigenvalue weighted by Crippen LogP contribution is -2.08. The highest BCUT2D eigenvalue weighted by atomic mass is 32.2. The van der Waals surface area contributed by atoms with Crippen LogP contribution in [0.2, 0.25) is 0 Å². The van der Waals surface area contributed by atoms with Crippen molar-refractivity contribution in [1.82, 2.24) is 0 Å². The van der Waals surface area contributed by atoms with E-state index in [0.717, 1.165) is 43.9 Å². The monoisotopic (exact) mass is 594 g/mol. The molecule has 1 unspecified atom stereocenters. The van der Waals surface area contributed by atoms with Crippen LogP contribution in [0.5, 0.6) is 17.2 Å². The van der Waals surface area contributed by atoms with Crippen LogP contribution in [0.1, 0.15) is 41.2 Å². The van der Waals surface area contributed by atoms with Crippen molar-refractivity contribution >= 4 is 46.5 Å². The second-order valence-corrected chi connectivity index (χ2v) is 11.5. The van der Waals surface area contributed by atoms with Gasteiger partial charge in [0.1, 0.15) is 29.3 Å². The first-order valence-electron chi connectivity index (χ1n) is 13.6. The fraction of sp³-hybridized carbons (Fsp3) is 0.139. The Labute approximate surface area is 254 Å². The second-order valence-electron chi connectivity index (χ2n) is 10.1. The molecule has 0 N–H and O–H groups in total. The van der Waals surface area contributed by atoms with Crippen molar-refractivity contribution in [3.63, 3.8) is 0 Å². The maximum absolute atomic E-state index is 14.3. The van der Waals surface area contributed by atoms with E-state index in [1.165, 1.54) is 12.1 Å². The smallest absolute Gasteiger partial charge is 0.315 e. The van der Waals surface area contributed by atoms with Crippen LogP contribution in [0.4, 0.5) is 4.39 Å². The van der Waals surface area contributed by atoms with E-state index < -0.39 is 17.1 Å². The molecule has 0 fully saturated rings. The van der Waals surface area contributed by atoms with Crippen LogP contribution in [0.3, 0.4) is 0 Å². The molecule has 0 spiro atoms. The standard InChI is InChI=1S/C36H31FO5S/c1-23-33(19-25-9-14-31(15-10-25)43(4)39)32-16-11-27(37)20-35(32)34(23)22-36(38)42-28-12-7-24(8-13-28)5-6-26-17-29(40-2)21-30(18-26)41-3/h5-21H,22H2,1-4H3/b6-5+,33-19-. The van der Waals surface area contributed by atoms with E-state index in [1.54, 1.807) is 38.7 Å². The van der Waals surface area contributed by atoms with Crippen molar-refractivity contribution < 1.29 is 27.9 Å². The van der Waals surface area contributed by atoms with Gasteiger partial charge in [-0.3, -0.25) is 4.79 Å². The molecule has 1 atom stereocenters. The lowest BCUT2D eigenvalue weighted by molar-refractivity contribution is -0.133. The van der Waals surface area contributed by atoms with Crippen molar-refractivity contribution in [2.24, 2.45) is 0 Å². The number of carbonyl (C=O) groups excluding carboxylic acids is 1. The molecule has 1 aliphatic carbocycles. The van der Waals surface area contributed by atoms with Crippen molar-refractivity contribution in [2.75, 3.05) is 20.5 Å². The van der Waals surface area contributed by atoms with Gasteiger partial charge in [-0.25, -0.2) is 4.39 Å². The van der Waals surface area contributed by atoms with Crippen molar-refractivity contribution in [2.45, 2.75) is 18.2 Å². The number of ether oxygens (including phenoxy) is 3. The Bertz CT molecular complexity index is 1710. The molecular weight excluding hydrogens is 563 g/mol. The van der Waals surface area contributed by atoms with Crippen LogP contribution in [0.15, 0.2) is 95.4 Å². The fourth-order valence-corrected chi connectivity index (χ4v) is 5.50. The number of esters is 1. The summed E-state index contributed by atoms with van der Waals surface area (Å²) in [7, 11) is 3.22. The van der Waals surface area contributed by atoms with Gasteiger partial charge in [-0.15, -0.1) is 0 Å². The van der Waals surface area contributed by atoms with E-state index in [9.17, 15) is 13.7 Å². The lowest BCUT2D eigenvalue weighted by Gasteiger charge is -2.08. The molecule has 0 aliphatic heterocycles. The molecule has 0 amide bonds. The molecule has 0 aromatic heterocycles. The average molecular weight is 595 g/mol. The van der Waals surface area contributed by atoms with Crippen molar-refractivity contribution in [1.29, 1.82) is 0 Å². The van der Waals surface area contributed by atoms with Crippen LogP contribution in [-0.4, -0.2) is 31.0 Å². The molecule has 0 saturated carbocycles. The maximum atomic E-state index is 14.3. The van der Waals surface area contributed by atoms with Crippen molar-refractivity contribution in [3.05, 3.63) is 124 Å². The quantitative estimate of drug-likeness (QED) is 0.0848. The van der Waals surface area contributed by atoms with Gasteiger partial charge >= 0.3 is 5.97 Å². The number of rotatable bonds is 9. The Morgan fingerprint density at radius 1 is 0.791 bits per heavy atom. The van der Waals surface area contributed by atoms with Gasteiger partial charge in [0.2, 0.25) is 0 Å². The molecule has 0 saturated heterocycles. The number of fused-ring (bicyclic) bond motifs is 1. The Morgan fingerprint density at radius 3 is 2.05 bits per heavy atom. The highest BCUT2D eigenvalue weighted by Gasteiger charge is 2.26. The van der Waals surface area contributed by atoms with E-state index in [-0.39, 0.29) is 12.2 Å². The minimum Gasteiger partial charge on any atom is -0.612 e. The Kier molecular flexibility index (Phi) is 9.14. The number of hydrogen-bond acceptors (Lipinski definition) is 5. The van der Waals surface area contributed by atoms with Gasteiger partial charge in [-0.2, -0.15) is 0 Å². The molecule has 0 heterocycles. The van der Waals surface area contributed by atoms with E-state index in [2.05, 4.69) is 0 Å². The molecule has 4 aromatic rings. The zero-order valence-corrected chi connectivity index (χ0v) is 25.2. The Hall–Kier alpha value is -4.59. The van der Waals surface area contributed by atoms with Gasteiger partial charge in [0, 0.05) is 6.07 Å². The molecule has 0 bridgehead atoms. The predicted octanol–water partition coefficient (Wildman–Crippen LogP) is 8.07. The number of benzene rings is 4. The normalized spacial score (nSPS) is 14.2. The SMILES string of the molecule is COc1cc(/C=C/c2ccc(OC(=O)CC3=C(C)/C(=C/c4ccc([S+](C)[O-])cc4)c4ccc(F)cc43)cc2)cc(OC)c1. The average Bonchev–Trinajstić information content (AvgIpc) is 3.25. The summed E-state index contributed by atoms with van der Waals surface area (Å²) in [5, 5.41) is 0. The van der Waals surface area contributed by atoms with Gasteiger partial charge in [0.25, 0.3) is 0 Å². The molecule has 5 nitrogen and oxygen atoms in total. The maximum Gasteiger partial charge on any atom is 0.315 e. The molecule has 7 heteroatoms. The fourth-order valence-electron chi connectivity index (χ4n) is 4.98. The topological polar surface area (TPSA) is 67.8 Å². The summed E-state index contributed by atoms with van der Waals surface area (Å²) in [4.78, 5) is 13.8. The van der Waals surface area contributed by atoms with Crippen molar-refractivity contribution in [3.8, 4) is 17.2 Å². The number of halogens is 1. The summed E-state index contributed by atoms with van der Waals surface area (Å²) in [5.41, 5.74) is 6.83. The largest absolute Gasteiger partial charge is 0.612 e. The summed E-state index contributed by atoms with van der Waals surface area (Å²) >= 11 is -1.06. The van der Waals surface area contributed by atoms with Gasteiger partial charge in [0.05, 0.1) is 20.6 Å². The van der Waals surface area contributed by atoms with E-state index in [0.29, 0.717) is 22.8 Å². The van der Waals surface area contributed by atoms with E-state index in [1.807, 2.05) is 79.7 Å². The second kappa shape index (κ2) is 13.2. The van der Waals surface area contributed by atoms with E-state index in [4.69, 9.17) is 14.2 Å². The number of hydrogen-bond donors (Lipinski definition) is 0. The third-order valence-electron chi connectivity index (χ3n) is 7.25. The third-order valence-corrected chi connectivity index (χ3v) is 8.19.